The van der Waals surface area contributed by atoms with Gasteiger partial charge in [0.05, 0.1) is 6.54 Å². The molecular formula is C25H24N2O5. The van der Waals surface area contributed by atoms with Crippen LogP contribution in [0.1, 0.15) is 36.3 Å². The van der Waals surface area contributed by atoms with Gasteiger partial charge in [0, 0.05) is 18.4 Å². The highest BCUT2D eigenvalue weighted by molar-refractivity contribution is 5.93. The molecule has 1 fully saturated rings. The van der Waals surface area contributed by atoms with E-state index >= 15 is 0 Å². The average molecular weight is 432 g/mol. The first kappa shape index (κ1) is 21.4. The molecule has 0 atom stereocenters. The Hall–Kier alpha value is -3.79. The largest absolute Gasteiger partial charge is 0.481 e. The highest BCUT2D eigenvalue weighted by atomic mass is 16.5. The molecule has 164 valence electrons. The third-order valence-electron chi connectivity index (χ3n) is 5.90. The van der Waals surface area contributed by atoms with Crippen molar-refractivity contribution in [3.05, 3.63) is 59.7 Å². The number of nitrogens with one attached hydrogen (secondary N) is 2. The maximum Gasteiger partial charge on any atom is 0.407 e. The number of rotatable bonds is 6. The molecule has 0 spiro atoms. The highest BCUT2D eigenvalue weighted by Crippen LogP contribution is 2.44. The molecule has 0 aromatic heterocycles. The Kier molecular flexibility index (Phi) is 6.41. The van der Waals surface area contributed by atoms with E-state index in [0.717, 1.165) is 22.3 Å². The zero-order chi connectivity index (χ0) is 22.5. The van der Waals surface area contributed by atoms with Gasteiger partial charge in [0.1, 0.15) is 6.61 Å². The van der Waals surface area contributed by atoms with Crippen molar-refractivity contribution in [1.82, 2.24) is 10.6 Å². The molecule has 2 aliphatic carbocycles. The summed E-state index contributed by atoms with van der Waals surface area (Å²) in [6.07, 6.45) is 0.842. The summed E-state index contributed by atoms with van der Waals surface area (Å²) in [5.41, 5.74) is 4.60. The quantitative estimate of drug-likeness (QED) is 0.609. The Morgan fingerprint density at radius 3 is 2.25 bits per heavy atom. The molecule has 32 heavy (non-hydrogen) atoms. The van der Waals surface area contributed by atoms with Gasteiger partial charge in [-0.3, -0.25) is 9.59 Å². The molecule has 2 aromatic rings. The first-order chi connectivity index (χ1) is 15.5. The maximum absolute atomic E-state index is 12.1. The maximum atomic E-state index is 12.1. The number of benzene rings is 2. The van der Waals surface area contributed by atoms with Crippen LogP contribution in [0.2, 0.25) is 0 Å². The minimum absolute atomic E-state index is 0.00357. The van der Waals surface area contributed by atoms with Crippen molar-refractivity contribution in [1.29, 1.82) is 0 Å². The molecule has 0 heterocycles. The van der Waals surface area contributed by atoms with E-state index in [1.54, 1.807) is 0 Å². The van der Waals surface area contributed by atoms with Crippen LogP contribution in [0, 0.1) is 17.8 Å². The molecule has 2 amide bonds. The number of carboxylic acids is 1. The Morgan fingerprint density at radius 1 is 1.00 bits per heavy atom. The molecule has 0 radical (unpaired) electrons. The van der Waals surface area contributed by atoms with E-state index in [1.165, 1.54) is 0 Å². The molecule has 0 unspecified atom stereocenters. The van der Waals surface area contributed by atoms with Crippen molar-refractivity contribution in [3.8, 4) is 23.0 Å². The normalized spacial score (nSPS) is 18.2. The number of hydrogen-bond donors (Lipinski definition) is 3. The summed E-state index contributed by atoms with van der Waals surface area (Å²) in [5, 5.41) is 14.0. The fourth-order valence-electron chi connectivity index (χ4n) is 4.38. The number of fused-ring (bicyclic) bond motifs is 3. The van der Waals surface area contributed by atoms with Crippen molar-refractivity contribution in [3.63, 3.8) is 0 Å². The van der Waals surface area contributed by atoms with Gasteiger partial charge < -0.3 is 20.5 Å². The van der Waals surface area contributed by atoms with E-state index < -0.39 is 18.0 Å². The highest BCUT2D eigenvalue weighted by Gasteiger charge is 2.31. The summed E-state index contributed by atoms with van der Waals surface area (Å²) >= 11 is 0. The Labute approximate surface area is 186 Å². The average Bonchev–Trinajstić information content (AvgIpc) is 3.07. The third kappa shape index (κ3) is 4.92. The van der Waals surface area contributed by atoms with E-state index in [9.17, 15) is 14.4 Å². The molecule has 2 aromatic carbocycles. The van der Waals surface area contributed by atoms with Crippen LogP contribution in [0.15, 0.2) is 48.5 Å². The standard InChI is InChI=1S/C25H24N2O5/c28-23(27-17-12-16(13-17)14-24(29)30)10-5-11-26-25(31)32-15-22-20-8-3-1-6-18(20)19-7-2-4-9-21(19)22/h1-4,6-9,16-17,22H,11-15H2,(H,26,31)(H,27,28)(H,29,30). The van der Waals surface area contributed by atoms with Crippen molar-refractivity contribution < 1.29 is 24.2 Å². The molecule has 4 rings (SSSR count). The van der Waals surface area contributed by atoms with Gasteiger partial charge >= 0.3 is 12.1 Å². The zero-order valence-electron chi connectivity index (χ0n) is 17.5. The van der Waals surface area contributed by atoms with Crippen LogP contribution in [-0.4, -0.2) is 42.3 Å². The second kappa shape index (κ2) is 9.56. The van der Waals surface area contributed by atoms with E-state index in [4.69, 9.17) is 9.84 Å². The summed E-state index contributed by atoms with van der Waals surface area (Å²) in [4.78, 5) is 34.5. The summed E-state index contributed by atoms with van der Waals surface area (Å²) in [6, 6.07) is 16.2. The van der Waals surface area contributed by atoms with E-state index in [2.05, 4.69) is 46.7 Å². The lowest BCUT2D eigenvalue weighted by Gasteiger charge is -2.34. The summed E-state index contributed by atoms with van der Waals surface area (Å²) in [5.74, 6) is 3.88. The SMILES string of the molecule is O=C(O)CC1CC(NC(=O)C#CCNC(=O)OCC2c3ccccc3-c3ccccc32)C1. The van der Waals surface area contributed by atoms with Crippen LogP contribution in [0.25, 0.3) is 11.1 Å². The number of ether oxygens (including phenoxy) is 1. The van der Waals surface area contributed by atoms with E-state index in [1.807, 2.05) is 24.3 Å². The molecule has 7 heteroatoms. The number of aliphatic carboxylic acids is 1. The van der Waals surface area contributed by atoms with Gasteiger partial charge in [0.2, 0.25) is 0 Å². The van der Waals surface area contributed by atoms with Crippen molar-refractivity contribution in [2.24, 2.45) is 5.92 Å². The third-order valence-corrected chi connectivity index (χ3v) is 5.90. The number of amides is 2. The van der Waals surface area contributed by atoms with E-state index in [0.29, 0.717) is 12.8 Å². The van der Waals surface area contributed by atoms with Crippen molar-refractivity contribution >= 4 is 18.0 Å². The molecule has 3 N–H and O–H groups in total. The van der Waals surface area contributed by atoms with Gasteiger partial charge in [-0.05, 0) is 46.9 Å². The van der Waals surface area contributed by atoms with E-state index in [-0.39, 0.29) is 37.5 Å². The predicted molar refractivity (Wildman–Crippen MR) is 118 cm³/mol. The minimum atomic E-state index is -0.820. The number of carbonyl (C=O) groups is 3. The van der Waals surface area contributed by atoms with Crippen LogP contribution in [-0.2, 0) is 14.3 Å². The van der Waals surface area contributed by atoms with Gasteiger partial charge in [-0.1, -0.05) is 54.5 Å². The van der Waals surface area contributed by atoms with Gasteiger partial charge in [-0.15, -0.1) is 0 Å². The topological polar surface area (TPSA) is 105 Å². The number of hydrogen-bond acceptors (Lipinski definition) is 4. The lowest BCUT2D eigenvalue weighted by atomic mass is 9.78. The Bertz CT molecular complexity index is 1050. The van der Waals surface area contributed by atoms with Crippen LogP contribution in [0.3, 0.4) is 0 Å². The lowest BCUT2D eigenvalue weighted by Crippen LogP contribution is -2.44. The van der Waals surface area contributed by atoms with Crippen LogP contribution in [0.5, 0.6) is 0 Å². The first-order valence-corrected chi connectivity index (χ1v) is 10.6. The van der Waals surface area contributed by atoms with Gasteiger partial charge in [-0.25, -0.2) is 4.79 Å². The summed E-state index contributed by atoms with van der Waals surface area (Å²) < 4.78 is 5.41. The van der Waals surface area contributed by atoms with Crippen LogP contribution >= 0.6 is 0 Å². The second-order valence-electron chi connectivity index (χ2n) is 8.09. The van der Waals surface area contributed by atoms with Gasteiger partial charge in [-0.2, -0.15) is 0 Å². The first-order valence-electron chi connectivity index (χ1n) is 10.6. The number of carboxylic acid groups (broad SMARTS) is 1. The summed E-state index contributed by atoms with van der Waals surface area (Å²) in [6.45, 7) is 0.212. The van der Waals surface area contributed by atoms with Crippen molar-refractivity contribution in [2.45, 2.75) is 31.2 Å². The van der Waals surface area contributed by atoms with Gasteiger partial charge in [0.25, 0.3) is 5.91 Å². The molecule has 0 aliphatic heterocycles. The smallest absolute Gasteiger partial charge is 0.407 e. The number of alkyl carbamates (subject to hydrolysis) is 1. The molecule has 0 bridgehead atoms. The summed E-state index contributed by atoms with van der Waals surface area (Å²) in [7, 11) is 0. The Balaban J connectivity index is 1.20. The second-order valence-corrected chi connectivity index (χ2v) is 8.09. The molecule has 0 saturated heterocycles. The lowest BCUT2D eigenvalue weighted by molar-refractivity contribution is -0.138. The van der Waals surface area contributed by atoms with Gasteiger partial charge in [0.15, 0.2) is 0 Å². The zero-order valence-corrected chi connectivity index (χ0v) is 17.5. The van der Waals surface area contributed by atoms with Crippen LogP contribution < -0.4 is 10.6 Å². The molecular weight excluding hydrogens is 408 g/mol. The fraction of sp³-hybridized carbons (Fsp3) is 0.320. The molecule has 1 saturated carbocycles. The fourth-order valence-corrected chi connectivity index (χ4v) is 4.38. The minimum Gasteiger partial charge on any atom is -0.481 e. The Morgan fingerprint density at radius 2 is 1.62 bits per heavy atom. The van der Waals surface area contributed by atoms with Crippen LogP contribution in [0.4, 0.5) is 4.79 Å². The molecule has 2 aliphatic rings. The predicted octanol–water partition coefficient (Wildman–Crippen LogP) is 2.90. The number of carbonyl (C=O) groups excluding carboxylic acids is 2. The monoisotopic (exact) mass is 432 g/mol. The molecule has 7 nitrogen and oxygen atoms in total. The van der Waals surface area contributed by atoms with Crippen molar-refractivity contribution in [2.75, 3.05) is 13.2 Å².